The number of aliphatic hydroxyl groups is 1. The van der Waals surface area contributed by atoms with E-state index in [9.17, 15) is 29.1 Å². The van der Waals surface area contributed by atoms with E-state index in [1.165, 1.54) is 18.2 Å². The molecule has 7 atom stereocenters. The van der Waals surface area contributed by atoms with Crippen LogP contribution >= 0.6 is 0 Å². The van der Waals surface area contributed by atoms with Crippen molar-refractivity contribution in [1.82, 2.24) is 16.1 Å². The number of esters is 2. The van der Waals surface area contributed by atoms with Crippen molar-refractivity contribution < 1.29 is 73.4 Å². The van der Waals surface area contributed by atoms with E-state index in [0.717, 1.165) is 0 Å². The highest BCUT2D eigenvalue weighted by Gasteiger charge is 2.75. The van der Waals surface area contributed by atoms with Crippen LogP contribution in [0.3, 0.4) is 0 Å². The van der Waals surface area contributed by atoms with Gasteiger partial charge in [0.15, 0.2) is 23.7 Å². The normalized spacial score (nSPS) is 33.4. The summed E-state index contributed by atoms with van der Waals surface area (Å²) in [6.07, 6.45) is 2.73. The minimum atomic E-state index is -2.20. The minimum Gasteiger partial charge on any atom is -0.456 e. The van der Waals surface area contributed by atoms with Crippen molar-refractivity contribution in [3.63, 3.8) is 0 Å². The van der Waals surface area contributed by atoms with E-state index >= 15 is 4.39 Å². The molecule has 4 aliphatic carbocycles. The highest BCUT2D eigenvalue weighted by atomic mass is 19.1. The van der Waals surface area contributed by atoms with Crippen LogP contribution in [0.15, 0.2) is 23.8 Å². The molecule has 6 N–H and O–H groups in total. The smallest absolute Gasteiger partial charge is 0.325 e. The zero-order chi connectivity index (χ0) is 36.2. The van der Waals surface area contributed by atoms with E-state index in [2.05, 4.69) is 15.0 Å². The Morgan fingerprint density at radius 3 is 2.29 bits per heavy atom. The van der Waals surface area contributed by atoms with E-state index in [0.29, 0.717) is 12.0 Å². The van der Waals surface area contributed by atoms with Crippen LogP contribution in [0, 0.1) is 22.7 Å². The van der Waals surface area contributed by atoms with Crippen LogP contribution in [0.2, 0.25) is 0 Å². The number of nitrogens with zero attached hydrogens (tertiary/aromatic N) is 2. The van der Waals surface area contributed by atoms with Gasteiger partial charge in [-0.2, -0.15) is 0 Å². The standard InChI is InChI=1S/C31H44FN3O14/c1-28-11-9-20(36)15-19(28)7-8-22-21-10-12-30(29(21,2)16-23(37)31(22,28)32,49-26(40)6-4-14-48-35(44)45)24(38)18-46-27(41)17-33-25(39)5-3-13-47-34(42)43/h9,11,15,21-23,37,42-45H,3-8,10,12-14,16-18H2,1-2H3,(H,33,39)/t21?,22?,23-,28-,29-,30-,31-/m0/s1. The van der Waals surface area contributed by atoms with Gasteiger partial charge >= 0.3 is 11.9 Å². The second kappa shape index (κ2) is 15.4. The molecule has 0 radical (unpaired) electrons. The molecule has 2 unspecified atom stereocenters. The van der Waals surface area contributed by atoms with Gasteiger partial charge in [-0.1, -0.05) is 18.6 Å². The lowest BCUT2D eigenvalue weighted by Gasteiger charge is -2.62. The summed E-state index contributed by atoms with van der Waals surface area (Å²) in [4.78, 5) is 72.7. The average molecular weight is 702 g/mol. The van der Waals surface area contributed by atoms with Crippen LogP contribution < -0.4 is 5.32 Å². The first-order chi connectivity index (χ1) is 23.0. The second-order valence-electron chi connectivity index (χ2n) is 13.3. The molecule has 3 saturated carbocycles. The highest BCUT2D eigenvalue weighted by Crippen LogP contribution is 2.70. The zero-order valence-corrected chi connectivity index (χ0v) is 27.3. The summed E-state index contributed by atoms with van der Waals surface area (Å²) in [5.74, 6) is -4.82. The molecule has 0 saturated heterocycles. The van der Waals surface area contributed by atoms with Crippen molar-refractivity contribution in [2.75, 3.05) is 26.4 Å². The number of Topliss-reactive ketones (excluding diaryl/α,β-unsaturated/α-hetero) is 1. The molecule has 0 aromatic carbocycles. The Hall–Kier alpha value is -3.20. The van der Waals surface area contributed by atoms with Gasteiger partial charge in [0, 0.05) is 29.6 Å². The van der Waals surface area contributed by atoms with Crippen molar-refractivity contribution >= 4 is 29.4 Å². The monoisotopic (exact) mass is 701 g/mol. The number of nitrogens with one attached hydrogen (secondary N) is 1. The summed E-state index contributed by atoms with van der Waals surface area (Å²) in [5.41, 5.74) is -6.16. The number of hydrogen-bond acceptors (Lipinski definition) is 16. The lowest BCUT2D eigenvalue weighted by molar-refractivity contribution is -0.492. The number of alkyl halides is 1. The molecule has 0 heterocycles. The maximum absolute atomic E-state index is 17.6. The number of amides is 1. The first-order valence-electron chi connectivity index (χ1n) is 16.1. The molecule has 0 aromatic rings. The molecule has 17 nitrogen and oxygen atoms in total. The van der Waals surface area contributed by atoms with Gasteiger partial charge in [-0.25, -0.2) is 4.39 Å². The van der Waals surface area contributed by atoms with Crippen molar-refractivity contribution in [3.8, 4) is 0 Å². The van der Waals surface area contributed by atoms with Gasteiger partial charge < -0.3 is 19.9 Å². The number of hydrogen-bond donors (Lipinski definition) is 6. The Balaban J connectivity index is 1.52. The van der Waals surface area contributed by atoms with Gasteiger partial charge in [-0.15, -0.1) is 0 Å². The fourth-order valence-corrected chi connectivity index (χ4v) is 8.44. The molecular formula is C31H44FN3O14. The Bertz CT molecular complexity index is 1360. The van der Waals surface area contributed by atoms with Crippen LogP contribution in [-0.2, 0) is 43.1 Å². The van der Waals surface area contributed by atoms with Crippen molar-refractivity contribution in [2.24, 2.45) is 22.7 Å². The third-order valence-corrected chi connectivity index (χ3v) is 10.8. The van der Waals surface area contributed by atoms with Gasteiger partial charge in [0.1, 0.15) is 6.54 Å². The molecular weight excluding hydrogens is 657 g/mol. The van der Waals surface area contributed by atoms with E-state index in [1.54, 1.807) is 13.8 Å². The maximum Gasteiger partial charge on any atom is 0.325 e. The van der Waals surface area contributed by atoms with Gasteiger partial charge in [-0.05, 0) is 69.9 Å². The molecule has 18 heteroatoms. The molecule has 49 heavy (non-hydrogen) atoms. The van der Waals surface area contributed by atoms with Crippen LogP contribution in [0.5, 0.6) is 0 Å². The van der Waals surface area contributed by atoms with E-state index in [1.807, 2.05) is 0 Å². The van der Waals surface area contributed by atoms with Gasteiger partial charge in [0.25, 0.3) is 0 Å². The first kappa shape index (κ1) is 38.6. The average Bonchev–Trinajstić information content (AvgIpc) is 3.31. The Labute approximate surface area is 280 Å². The number of carbonyl (C=O) groups is 5. The Kier molecular flexibility index (Phi) is 12.1. The third-order valence-electron chi connectivity index (χ3n) is 10.8. The van der Waals surface area contributed by atoms with Crippen LogP contribution in [-0.4, -0.2) is 110 Å². The van der Waals surface area contributed by atoms with Crippen molar-refractivity contribution in [3.05, 3.63) is 23.8 Å². The number of carbonyl (C=O) groups excluding carboxylic acids is 5. The predicted molar refractivity (Wildman–Crippen MR) is 157 cm³/mol. The van der Waals surface area contributed by atoms with Gasteiger partial charge in [0.05, 0.1) is 30.1 Å². The van der Waals surface area contributed by atoms with Gasteiger partial charge in [0.2, 0.25) is 11.7 Å². The summed E-state index contributed by atoms with van der Waals surface area (Å²) in [6, 6.07) is 0. The van der Waals surface area contributed by atoms with E-state index in [4.69, 9.17) is 30.3 Å². The summed E-state index contributed by atoms with van der Waals surface area (Å²) >= 11 is 0. The number of halogens is 1. The number of ketones is 2. The summed E-state index contributed by atoms with van der Waals surface area (Å²) < 4.78 is 28.7. The molecule has 4 rings (SSSR count). The lowest BCUT2D eigenvalue weighted by atomic mass is 9.44. The fraction of sp³-hybridized carbons (Fsp3) is 0.710. The van der Waals surface area contributed by atoms with E-state index < -0.39 is 87.6 Å². The highest BCUT2D eigenvalue weighted by molar-refractivity contribution is 6.01. The quantitative estimate of drug-likeness (QED) is 0.0758. The summed E-state index contributed by atoms with van der Waals surface area (Å²) in [6.45, 7) is 1.37. The number of aliphatic hydroxyl groups excluding tert-OH is 1. The number of ether oxygens (including phenoxy) is 2. The topological polar surface area (TPSA) is 242 Å². The Morgan fingerprint density at radius 1 is 0.980 bits per heavy atom. The van der Waals surface area contributed by atoms with Crippen molar-refractivity contribution in [1.29, 1.82) is 0 Å². The molecule has 0 aliphatic heterocycles. The van der Waals surface area contributed by atoms with Crippen LogP contribution in [0.1, 0.15) is 71.6 Å². The number of rotatable bonds is 16. The number of allylic oxidation sites excluding steroid dienone is 4. The lowest BCUT2D eigenvalue weighted by Crippen LogP contribution is -2.69. The number of fused-ring (bicyclic) bond motifs is 5. The minimum absolute atomic E-state index is 0.0305. The zero-order valence-electron chi connectivity index (χ0n) is 27.3. The van der Waals surface area contributed by atoms with Crippen LogP contribution in [0.4, 0.5) is 4.39 Å². The summed E-state index contributed by atoms with van der Waals surface area (Å²) in [7, 11) is 0. The molecule has 1 amide bonds. The predicted octanol–water partition coefficient (Wildman–Crippen LogP) is 1.45. The fourth-order valence-electron chi connectivity index (χ4n) is 8.44. The summed E-state index contributed by atoms with van der Waals surface area (Å²) in [5, 5.41) is 47.5. The molecule has 4 aliphatic rings. The SMILES string of the molecule is C[C@]12C=CC(=O)C=C1CCC1C3CC[C@](OC(=O)CCCON(O)O)(C(=O)COC(=O)CNC(=O)CCCON(O)O)[C@@]3(C)C[C@H](O)[C@@]12F. The second-order valence-corrected chi connectivity index (χ2v) is 13.3. The Morgan fingerprint density at radius 2 is 1.63 bits per heavy atom. The van der Waals surface area contributed by atoms with Gasteiger partial charge in [-0.3, -0.25) is 54.5 Å². The first-order valence-corrected chi connectivity index (χ1v) is 16.1. The largest absolute Gasteiger partial charge is 0.456 e. The van der Waals surface area contributed by atoms with Crippen LogP contribution in [0.25, 0.3) is 0 Å². The molecule has 0 bridgehead atoms. The third kappa shape index (κ3) is 7.62. The molecule has 0 aromatic heterocycles. The molecule has 274 valence electrons. The van der Waals surface area contributed by atoms with Crippen molar-refractivity contribution in [2.45, 2.75) is 89.0 Å². The maximum atomic E-state index is 17.6. The van der Waals surface area contributed by atoms with E-state index in [-0.39, 0.29) is 70.4 Å². The molecule has 3 fully saturated rings. The molecule has 0 spiro atoms.